The Bertz CT molecular complexity index is 703. The zero-order valence-corrected chi connectivity index (χ0v) is 12.9. The number of carbonyl (C=O) groups excluding carboxylic acids is 1. The van der Waals surface area contributed by atoms with E-state index in [9.17, 15) is 9.59 Å². The molecule has 6 nitrogen and oxygen atoms in total. The van der Waals surface area contributed by atoms with E-state index in [-0.39, 0.29) is 23.0 Å². The van der Waals surface area contributed by atoms with Crippen molar-refractivity contribution in [3.63, 3.8) is 0 Å². The first kappa shape index (κ1) is 15.5. The van der Waals surface area contributed by atoms with Crippen LogP contribution in [-0.4, -0.2) is 27.9 Å². The summed E-state index contributed by atoms with van der Waals surface area (Å²) in [7, 11) is 0. The minimum atomic E-state index is -0.335. The topological polar surface area (TPSA) is 101 Å². The number of benzene rings is 1. The number of anilines is 2. The molecule has 0 aliphatic heterocycles. The van der Waals surface area contributed by atoms with Crippen molar-refractivity contribution < 1.29 is 4.79 Å². The van der Waals surface area contributed by atoms with Crippen LogP contribution in [-0.2, 0) is 4.79 Å². The number of rotatable bonds is 5. The van der Waals surface area contributed by atoms with Gasteiger partial charge in [0.05, 0.1) is 5.75 Å². The predicted molar refractivity (Wildman–Crippen MR) is 86.8 cm³/mol. The number of hydrogen-bond donors (Lipinski definition) is 3. The van der Waals surface area contributed by atoms with Crippen LogP contribution < -0.4 is 16.6 Å². The van der Waals surface area contributed by atoms with E-state index in [0.29, 0.717) is 5.16 Å². The maximum absolute atomic E-state index is 11.9. The number of H-pyrrole nitrogens is 1. The molecule has 1 aromatic carbocycles. The van der Waals surface area contributed by atoms with Gasteiger partial charge in [0, 0.05) is 16.6 Å². The molecule has 0 spiro atoms. The van der Waals surface area contributed by atoms with E-state index in [0.717, 1.165) is 22.3 Å². The summed E-state index contributed by atoms with van der Waals surface area (Å²) in [5.74, 6) is 0.0910. The number of nitrogen functional groups attached to an aromatic ring is 1. The number of carbonyl (C=O) groups is 1. The maximum Gasteiger partial charge on any atom is 0.253 e. The summed E-state index contributed by atoms with van der Waals surface area (Å²) in [5.41, 5.74) is 5.88. The minimum absolute atomic E-state index is 0.134. The van der Waals surface area contributed by atoms with Gasteiger partial charge in [-0.2, -0.15) is 0 Å². The SMILES string of the molecule is CSc1cccc(NC(=O)CSc2nc(N)cc(=O)[nH]2)c1. The van der Waals surface area contributed by atoms with Crippen molar-refractivity contribution in [2.45, 2.75) is 10.1 Å². The Morgan fingerprint density at radius 2 is 2.24 bits per heavy atom. The summed E-state index contributed by atoms with van der Waals surface area (Å²) in [6, 6.07) is 8.76. The third kappa shape index (κ3) is 4.83. The van der Waals surface area contributed by atoms with Crippen molar-refractivity contribution in [3.05, 3.63) is 40.7 Å². The van der Waals surface area contributed by atoms with Crippen molar-refractivity contribution in [2.24, 2.45) is 0 Å². The van der Waals surface area contributed by atoms with E-state index in [1.165, 1.54) is 6.07 Å². The lowest BCUT2D eigenvalue weighted by Gasteiger charge is -2.06. The molecule has 0 radical (unpaired) electrons. The molecule has 0 bridgehead atoms. The molecule has 0 aliphatic rings. The second kappa shape index (κ2) is 7.19. The third-order valence-electron chi connectivity index (χ3n) is 2.43. The average molecular weight is 322 g/mol. The van der Waals surface area contributed by atoms with E-state index in [2.05, 4.69) is 15.3 Å². The number of nitrogens with two attached hydrogens (primary N) is 1. The monoisotopic (exact) mass is 322 g/mol. The smallest absolute Gasteiger partial charge is 0.253 e. The van der Waals surface area contributed by atoms with Gasteiger partial charge in [-0.15, -0.1) is 11.8 Å². The quantitative estimate of drug-likeness (QED) is 0.573. The zero-order valence-electron chi connectivity index (χ0n) is 11.3. The van der Waals surface area contributed by atoms with Gasteiger partial charge in [-0.25, -0.2) is 4.98 Å². The summed E-state index contributed by atoms with van der Waals surface area (Å²) < 4.78 is 0. The molecule has 2 rings (SSSR count). The molecule has 21 heavy (non-hydrogen) atoms. The summed E-state index contributed by atoms with van der Waals surface area (Å²) in [6.07, 6.45) is 1.97. The van der Waals surface area contributed by atoms with Crippen molar-refractivity contribution in [3.8, 4) is 0 Å². The van der Waals surface area contributed by atoms with Gasteiger partial charge in [-0.3, -0.25) is 9.59 Å². The molecule has 8 heteroatoms. The zero-order chi connectivity index (χ0) is 15.2. The standard InChI is InChI=1S/C13H14N4O2S2/c1-20-9-4-2-3-8(5-9)15-12(19)7-21-13-16-10(14)6-11(18)17-13/h2-6H,7H2,1H3,(H,15,19)(H3,14,16,17,18). The highest BCUT2D eigenvalue weighted by atomic mass is 32.2. The highest BCUT2D eigenvalue weighted by Crippen LogP contribution is 2.19. The van der Waals surface area contributed by atoms with Crippen molar-refractivity contribution in [2.75, 3.05) is 23.1 Å². The van der Waals surface area contributed by atoms with Crippen LogP contribution in [0.5, 0.6) is 0 Å². The summed E-state index contributed by atoms with van der Waals surface area (Å²) >= 11 is 2.73. The Labute approximate surface area is 129 Å². The van der Waals surface area contributed by atoms with Gasteiger partial charge < -0.3 is 16.0 Å². The minimum Gasteiger partial charge on any atom is -0.383 e. The second-order valence-electron chi connectivity index (χ2n) is 4.04. The van der Waals surface area contributed by atoms with Crippen LogP contribution in [0.1, 0.15) is 0 Å². The van der Waals surface area contributed by atoms with Gasteiger partial charge in [-0.05, 0) is 24.5 Å². The molecular weight excluding hydrogens is 308 g/mol. The first-order valence-electron chi connectivity index (χ1n) is 6.00. The number of hydrogen-bond acceptors (Lipinski definition) is 6. The number of nitrogens with zero attached hydrogens (tertiary/aromatic N) is 1. The Morgan fingerprint density at radius 3 is 2.95 bits per heavy atom. The van der Waals surface area contributed by atoms with E-state index >= 15 is 0 Å². The molecule has 0 unspecified atom stereocenters. The van der Waals surface area contributed by atoms with Gasteiger partial charge in [0.15, 0.2) is 5.16 Å². The van der Waals surface area contributed by atoms with Crippen LogP contribution in [0.15, 0.2) is 45.2 Å². The number of aromatic amines is 1. The molecular formula is C13H14N4O2S2. The molecule has 1 aromatic heterocycles. The highest BCUT2D eigenvalue weighted by molar-refractivity contribution is 7.99. The van der Waals surface area contributed by atoms with Crippen LogP contribution in [0.4, 0.5) is 11.5 Å². The second-order valence-corrected chi connectivity index (χ2v) is 5.89. The number of nitrogens with one attached hydrogen (secondary N) is 2. The Morgan fingerprint density at radius 1 is 1.43 bits per heavy atom. The molecule has 110 valence electrons. The fourth-order valence-electron chi connectivity index (χ4n) is 1.55. The van der Waals surface area contributed by atoms with Crippen LogP contribution in [0.2, 0.25) is 0 Å². The number of thioether (sulfide) groups is 2. The molecule has 0 fully saturated rings. The van der Waals surface area contributed by atoms with Gasteiger partial charge in [0.1, 0.15) is 5.82 Å². The Hall–Kier alpha value is -1.93. The molecule has 1 heterocycles. The molecule has 0 atom stereocenters. The van der Waals surface area contributed by atoms with E-state index in [4.69, 9.17) is 5.73 Å². The Kier molecular flexibility index (Phi) is 5.29. The average Bonchev–Trinajstić information content (AvgIpc) is 2.44. The van der Waals surface area contributed by atoms with Crippen LogP contribution in [0.3, 0.4) is 0 Å². The van der Waals surface area contributed by atoms with Crippen molar-refractivity contribution in [1.29, 1.82) is 0 Å². The lowest BCUT2D eigenvalue weighted by atomic mass is 10.3. The van der Waals surface area contributed by atoms with Crippen LogP contribution in [0.25, 0.3) is 0 Å². The first-order chi connectivity index (χ1) is 10.1. The largest absolute Gasteiger partial charge is 0.383 e. The molecule has 0 saturated heterocycles. The lowest BCUT2D eigenvalue weighted by Crippen LogP contribution is -2.15. The number of aromatic nitrogens is 2. The van der Waals surface area contributed by atoms with E-state index < -0.39 is 0 Å². The molecule has 0 saturated carbocycles. The highest BCUT2D eigenvalue weighted by Gasteiger charge is 2.06. The lowest BCUT2D eigenvalue weighted by molar-refractivity contribution is -0.113. The third-order valence-corrected chi connectivity index (χ3v) is 4.03. The predicted octanol–water partition coefficient (Wildman–Crippen LogP) is 1.80. The van der Waals surface area contributed by atoms with Crippen LogP contribution >= 0.6 is 23.5 Å². The van der Waals surface area contributed by atoms with Gasteiger partial charge in [0.25, 0.3) is 5.56 Å². The normalized spacial score (nSPS) is 10.3. The van der Waals surface area contributed by atoms with Gasteiger partial charge >= 0.3 is 0 Å². The van der Waals surface area contributed by atoms with Gasteiger partial charge in [-0.1, -0.05) is 17.8 Å². The van der Waals surface area contributed by atoms with Crippen molar-refractivity contribution >= 4 is 40.9 Å². The molecule has 0 aliphatic carbocycles. The van der Waals surface area contributed by atoms with Gasteiger partial charge in [0.2, 0.25) is 5.91 Å². The summed E-state index contributed by atoms with van der Waals surface area (Å²) in [6.45, 7) is 0. The van der Waals surface area contributed by atoms with Crippen molar-refractivity contribution in [1.82, 2.24) is 9.97 Å². The number of amides is 1. The summed E-state index contributed by atoms with van der Waals surface area (Å²) in [4.78, 5) is 30.6. The first-order valence-corrected chi connectivity index (χ1v) is 8.21. The molecule has 1 amide bonds. The van der Waals surface area contributed by atoms with E-state index in [1.54, 1.807) is 11.8 Å². The summed E-state index contributed by atoms with van der Waals surface area (Å²) in [5, 5.41) is 3.12. The Balaban J connectivity index is 1.94. The fourth-order valence-corrected chi connectivity index (χ4v) is 2.70. The maximum atomic E-state index is 11.9. The fraction of sp³-hybridized carbons (Fsp3) is 0.154. The molecule has 2 aromatic rings. The van der Waals surface area contributed by atoms with Crippen LogP contribution in [0, 0.1) is 0 Å². The van der Waals surface area contributed by atoms with E-state index in [1.807, 2.05) is 30.5 Å². The molecule has 4 N–H and O–H groups in total.